The summed E-state index contributed by atoms with van der Waals surface area (Å²) in [6.07, 6.45) is 11.1. The van der Waals surface area contributed by atoms with Crippen molar-refractivity contribution in [2.75, 3.05) is 6.61 Å². The van der Waals surface area contributed by atoms with Crippen molar-refractivity contribution in [3.8, 4) is 0 Å². The fourth-order valence-corrected chi connectivity index (χ4v) is 3.15. The van der Waals surface area contributed by atoms with Gasteiger partial charge in [0.15, 0.2) is 0 Å². The number of ether oxygens (including phenoxy) is 1. The molecule has 0 aromatic heterocycles. The third-order valence-electron chi connectivity index (χ3n) is 2.59. The summed E-state index contributed by atoms with van der Waals surface area (Å²) in [7, 11) is -0.651. The van der Waals surface area contributed by atoms with Gasteiger partial charge in [0.25, 0.3) is 0 Å². The van der Waals surface area contributed by atoms with Crippen LogP contribution in [0.25, 0.3) is 0 Å². The van der Waals surface area contributed by atoms with E-state index in [-0.39, 0.29) is 46.5 Å². The summed E-state index contributed by atoms with van der Waals surface area (Å²) in [5.41, 5.74) is 1.92. The second-order valence-electron chi connectivity index (χ2n) is 4.08. The van der Waals surface area contributed by atoms with Crippen molar-refractivity contribution in [3.05, 3.63) is 23.8 Å². The minimum absolute atomic E-state index is 0. The maximum absolute atomic E-state index is 5.76. The number of rotatable bonds is 6. The van der Waals surface area contributed by atoms with Crippen LogP contribution in [0.4, 0.5) is 0 Å². The quantitative estimate of drug-likeness (QED) is 0.371. The molecular weight excluding hydrogens is 307 g/mol. The standard InChI is InChI=1S/C12H21OSi.2ClH.Ti/c1-4-13-12(14(2)3)10-9-11-7-5-6-8-11;;;/h5,7,12,14H,4,6,9-10H2,1-3H3;2*1H;/q-1;;;+3/p-2. The zero-order chi connectivity index (χ0) is 10.4. The molecule has 1 radical (unpaired) electrons. The van der Waals surface area contributed by atoms with Gasteiger partial charge in [-0.25, -0.2) is 11.6 Å². The fourth-order valence-electron chi connectivity index (χ4n) is 1.74. The summed E-state index contributed by atoms with van der Waals surface area (Å²) in [5, 5.41) is 0. The van der Waals surface area contributed by atoms with E-state index in [0.717, 1.165) is 19.4 Å². The van der Waals surface area contributed by atoms with E-state index in [1.54, 1.807) is 0 Å². The summed E-state index contributed by atoms with van der Waals surface area (Å²) in [5.74, 6) is 0. The molecule has 0 aromatic rings. The summed E-state index contributed by atoms with van der Waals surface area (Å²) >= 11 is 0. The van der Waals surface area contributed by atoms with Crippen LogP contribution in [-0.4, -0.2) is 21.1 Å². The Hall–Kier alpha value is 0.951. The summed E-state index contributed by atoms with van der Waals surface area (Å²) in [4.78, 5) is 0. The second-order valence-corrected chi connectivity index (χ2v) is 7.32. The molecule has 1 nitrogen and oxygen atoms in total. The van der Waals surface area contributed by atoms with Gasteiger partial charge in [-0.3, -0.25) is 6.08 Å². The van der Waals surface area contributed by atoms with E-state index in [1.807, 2.05) is 0 Å². The van der Waals surface area contributed by atoms with Crippen molar-refractivity contribution in [3.63, 3.8) is 0 Å². The van der Waals surface area contributed by atoms with E-state index in [9.17, 15) is 0 Å². The zero-order valence-corrected chi connectivity index (χ0v) is 15.0. The van der Waals surface area contributed by atoms with Crippen LogP contribution in [0.3, 0.4) is 0 Å². The molecule has 0 bridgehead atoms. The summed E-state index contributed by atoms with van der Waals surface area (Å²) in [6, 6.07) is 0. The molecule has 0 aliphatic heterocycles. The monoisotopic (exact) mass is 327 g/mol. The van der Waals surface area contributed by atoms with Crippen LogP contribution in [0.5, 0.6) is 0 Å². The Labute approximate surface area is 135 Å². The van der Waals surface area contributed by atoms with Gasteiger partial charge in [-0.05, 0) is 13.3 Å². The Kier molecular flexibility index (Phi) is 18.2. The van der Waals surface area contributed by atoms with Crippen molar-refractivity contribution in [2.45, 2.75) is 45.0 Å². The molecule has 17 heavy (non-hydrogen) atoms. The average molecular weight is 328 g/mol. The van der Waals surface area contributed by atoms with Crippen molar-refractivity contribution in [1.82, 2.24) is 0 Å². The van der Waals surface area contributed by atoms with Crippen LogP contribution in [0.15, 0.2) is 17.7 Å². The molecule has 1 atom stereocenters. The number of hydrogen-bond donors (Lipinski definition) is 0. The molecule has 0 aromatic carbocycles. The normalized spacial score (nSPS) is 14.5. The predicted octanol–water partition coefficient (Wildman–Crippen LogP) is -3.11. The first-order valence-electron chi connectivity index (χ1n) is 5.62. The van der Waals surface area contributed by atoms with E-state index in [1.165, 1.54) is 12.0 Å². The van der Waals surface area contributed by atoms with E-state index in [2.05, 4.69) is 38.2 Å². The fraction of sp³-hybridized carbons (Fsp3) is 0.667. The zero-order valence-electron chi connectivity index (χ0n) is 10.8. The van der Waals surface area contributed by atoms with E-state index in [0.29, 0.717) is 5.73 Å². The first-order valence-corrected chi connectivity index (χ1v) is 8.59. The van der Waals surface area contributed by atoms with Crippen LogP contribution < -0.4 is 24.8 Å². The SMILES string of the molecule is CCOC(CCC1=[C-]CC=C1)[SiH](C)C.[Cl-].[Cl-].[Ti+3]. The topological polar surface area (TPSA) is 9.23 Å². The molecule has 0 heterocycles. The van der Waals surface area contributed by atoms with Gasteiger partial charge in [-0.1, -0.05) is 19.5 Å². The Bertz CT molecular complexity index is 233. The maximum atomic E-state index is 5.76. The molecule has 1 aliphatic rings. The van der Waals surface area contributed by atoms with E-state index >= 15 is 0 Å². The first kappa shape index (κ1) is 23.1. The van der Waals surface area contributed by atoms with Crippen molar-refractivity contribution >= 4 is 8.80 Å². The maximum Gasteiger partial charge on any atom is 3.00 e. The smallest absolute Gasteiger partial charge is 1.00 e. The van der Waals surface area contributed by atoms with Crippen LogP contribution in [0.2, 0.25) is 13.1 Å². The Morgan fingerprint density at radius 2 is 2.06 bits per heavy atom. The van der Waals surface area contributed by atoms with Crippen molar-refractivity contribution < 1.29 is 51.3 Å². The average Bonchev–Trinajstić information content (AvgIpc) is 2.64. The van der Waals surface area contributed by atoms with Crippen LogP contribution >= 0.6 is 0 Å². The molecule has 1 rings (SSSR count). The van der Waals surface area contributed by atoms with Crippen LogP contribution in [-0.2, 0) is 26.5 Å². The molecule has 97 valence electrons. The van der Waals surface area contributed by atoms with Gasteiger partial charge in [0.2, 0.25) is 0 Å². The number of hydrogen-bond acceptors (Lipinski definition) is 1. The molecule has 0 saturated carbocycles. The Morgan fingerprint density at radius 3 is 2.47 bits per heavy atom. The third kappa shape index (κ3) is 9.52. The van der Waals surface area contributed by atoms with Gasteiger partial charge in [-0.15, -0.1) is 6.42 Å². The van der Waals surface area contributed by atoms with E-state index in [4.69, 9.17) is 4.74 Å². The Morgan fingerprint density at radius 1 is 1.41 bits per heavy atom. The Balaban J connectivity index is -0.000000653. The molecule has 0 saturated heterocycles. The largest absolute Gasteiger partial charge is 3.00 e. The minimum Gasteiger partial charge on any atom is -1.00 e. The first-order chi connectivity index (χ1) is 6.74. The predicted molar refractivity (Wildman–Crippen MR) is 64.0 cm³/mol. The van der Waals surface area contributed by atoms with Crippen LogP contribution in [0, 0.1) is 6.08 Å². The minimum atomic E-state index is -0.651. The summed E-state index contributed by atoms with van der Waals surface area (Å²) in [6.45, 7) is 7.67. The molecule has 0 amide bonds. The second kappa shape index (κ2) is 13.4. The van der Waals surface area contributed by atoms with Crippen molar-refractivity contribution in [2.24, 2.45) is 0 Å². The van der Waals surface area contributed by atoms with Gasteiger partial charge >= 0.3 is 21.7 Å². The van der Waals surface area contributed by atoms with Gasteiger partial charge in [-0.2, -0.15) is 6.08 Å². The molecule has 0 N–H and O–H groups in total. The number of halogens is 2. The van der Waals surface area contributed by atoms with Crippen LogP contribution in [0.1, 0.15) is 26.2 Å². The molecule has 5 heteroatoms. The van der Waals surface area contributed by atoms with Gasteiger partial charge in [0, 0.05) is 12.3 Å². The number of allylic oxidation sites excluding steroid dienone is 4. The summed E-state index contributed by atoms with van der Waals surface area (Å²) < 4.78 is 5.76. The van der Waals surface area contributed by atoms with Gasteiger partial charge in [0.05, 0.1) is 8.80 Å². The van der Waals surface area contributed by atoms with Crippen molar-refractivity contribution in [1.29, 1.82) is 0 Å². The molecular formula is C12H21Cl2OSiTi. The molecule has 1 unspecified atom stereocenters. The van der Waals surface area contributed by atoms with E-state index < -0.39 is 8.80 Å². The third-order valence-corrected chi connectivity index (χ3v) is 4.60. The molecule has 1 aliphatic carbocycles. The molecule has 0 fully saturated rings. The van der Waals surface area contributed by atoms with Gasteiger partial charge in [0.1, 0.15) is 0 Å². The molecule has 0 spiro atoms. The van der Waals surface area contributed by atoms with Gasteiger partial charge < -0.3 is 29.6 Å².